The highest BCUT2D eigenvalue weighted by atomic mass is 32.2. The van der Waals surface area contributed by atoms with Crippen LogP contribution in [0.25, 0.3) is 0 Å². The number of carboxylic acids is 2. The van der Waals surface area contributed by atoms with Crippen LogP contribution in [0.4, 0.5) is 0 Å². The number of carbonyl (C=O) groups is 9. The molecule has 2 unspecified atom stereocenters. The molecular weight excluding hydrogens is 877 g/mol. The minimum absolute atomic E-state index is 0.0216. The van der Waals surface area contributed by atoms with Gasteiger partial charge in [-0.3, -0.25) is 67.7 Å². The third-order valence-electron chi connectivity index (χ3n) is 13.0. The number of imide groups is 1. The molecule has 364 valence electrons. The highest BCUT2D eigenvalue weighted by molar-refractivity contribution is 7.98. The Bertz CT molecular complexity index is 1970. The fourth-order valence-electron chi connectivity index (χ4n) is 8.93. The van der Waals surface area contributed by atoms with Crippen LogP contribution in [0, 0.1) is 17.8 Å². The number of fused-ring (bicyclic) bond motifs is 2. The molecule has 1 aromatic carbocycles. The Morgan fingerprint density at radius 3 is 2.18 bits per heavy atom. The lowest BCUT2D eigenvalue weighted by Crippen LogP contribution is -2.52. The van der Waals surface area contributed by atoms with Crippen LogP contribution in [-0.2, 0) is 56.1 Å². The fourth-order valence-corrected chi connectivity index (χ4v) is 9.40. The Kier molecular flexibility index (Phi) is 19.5. The molecule has 4 aliphatic heterocycles. The van der Waals surface area contributed by atoms with Crippen LogP contribution in [0.1, 0.15) is 67.9 Å². The van der Waals surface area contributed by atoms with Crippen LogP contribution in [0.5, 0.6) is 0 Å². The first kappa shape index (κ1) is 52.0. The number of thioether (sulfide) groups is 1. The normalized spacial score (nSPS) is 21.7. The Morgan fingerprint density at radius 2 is 1.56 bits per heavy atom. The molecule has 0 bridgehead atoms. The quantitative estimate of drug-likeness (QED) is 0.0979. The SMILES string of the molecule is CC[C@H](C)[C@H](CC(=O)[C@H](CCSC)NC(=O)c1cccc2c1CCN(C(=O)CN1CCN(CC(=O)O)CCN(CC(=O)O)CCN3CC(=O)OC3C1)C2)C(=O)NCCN1C(=O)CC(C)C1=O. The second kappa shape index (κ2) is 24.7. The molecular formula is C45H66N8O12S. The van der Waals surface area contributed by atoms with Crippen LogP contribution < -0.4 is 10.6 Å². The van der Waals surface area contributed by atoms with Crippen LogP contribution >= 0.6 is 11.8 Å². The molecule has 0 radical (unpaired) electrons. The fraction of sp³-hybridized carbons (Fsp3) is 0.667. The number of likely N-dealkylation sites (tertiary alicyclic amines) is 1. The molecule has 0 aromatic heterocycles. The molecule has 4 heterocycles. The molecule has 3 saturated heterocycles. The number of carbonyl (C=O) groups excluding carboxylic acids is 7. The maximum absolute atomic E-state index is 14.1. The van der Waals surface area contributed by atoms with Gasteiger partial charge < -0.3 is 30.5 Å². The summed E-state index contributed by atoms with van der Waals surface area (Å²) in [6, 6.07) is 4.43. The van der Waals surface area contributed by atoms with Gasteiger partial charge in [-0.2, -0.15) is 11.8 Å². The highest BCUT2D eigenvalue weighted by Gasteiger charge is 2.38. The molecule has 1 aromatic rings. The second-order valence-electron chi connectivity index (χ2n) is 17.7. The average molecular weight is 943 g/mol. The van der Waals surface area contributed by atoms with Crippen molar-refractivity contribution in [1.29, 1.82) is 0 Å². The minimum atomic E-state index is -1.04. The van der Waals surface area contributed by atoms with Crippen molar-refractivity contribution >= 4 is 65.0 Å². The van der Waals surface area contributed by atoms with Gasteiger partial charge in [-0.15, -0.1) is 0 Å². The summed E-state index contributed by atoms with van der Waals surface area (Å²) in [5.41, 5.74) is 1.93. The van der Waals surface area contributed by atoms with Crippen LogP contribution in [0.15, 0.2) is 18.2 Å². The maximum atomic E-state index is 14.1. The number of aliphatic carboxylic acids is 2. The number of rotatable bonds is 20. The number of ether oxygens (including phenoxy) is 1. The summed E-state index contributed by atoms with van der Waals surface area (Å²) in [6.07, 6.45) is 2.59. The number of nitrogens with one attached hydrogen (secondary N) is 2. The molecule has 3 fully saturated rings. The van der Waals surface area contributed by atoms with E-state index in [0.717, 1.165) is 16.0 Å². The second-order valence-corrected chi connectivity index (χ2v) is 18.7. The van der Waals surface area contributed by atoms with E-state index in [4.69, 9.17) is 4.74 Å². The zero-order valence-electron chi connectivity index (χ0n) is 38.5. The van der Waals surface area contributed by atoms with Gasteiger partial charge >= 0.3 is 17.9 Å². The maximum Gasteiger partial charge on any atom is 0.321 e. The summed E-state index contributed by atoms with van der Waals surface area (Å²) in [4.78, 5) is 126. The molecule has 66 heavy (non-hydrogen) atoms. The largest absolute Gasteiger partial charge is 0.480 e. The van der Waals surface area contributed by atoms with Gasteiger partial charge in [0, 0.05) is 95.7 Å². The predicted molar refractivity (Wildman–Crippen MR) is 242 cm³/mol. The Balaban J connectivity index is 1.23. The predicted octanol–water partition coefficient (Wildman–Crippen LogP) is -0.171. The third kappa shape index (κ3) is 14.5. The van der Waals surface area contributed by atoms with Crippen molar-refractivity contribution in [3.63, 3.8) is 0 Å². The summed E-state index contributed by atoms with van der Waals surface area (Å²) in [5, 5.41) is 24.9. The molecule has 20 nitrogen and oxygen atoms in total. The highest BCUT2D eigenvalue weighted by Crippen LogP contribution is 2.26. The van der Waals surface area contributed by atoms with Gasteiger partial charge in [0.25, 0.3) is 5.91 Å². The zero-order valence-corrected chi connectivity index (χ0v) is 39.4. The van der Waals surface area contributed by atoms with Crippen molar-refractivity contribution in [2.75, 3.05) is 104 Å². The van der Waals surface area contributed by atoms with Gasteiger partial charge in [-0.1, -0.05) is 39.3 Å². The van der Waals surface area contributed by atoms with Gasteiger partial charge in [0.1, 0.15) is 0 Å². The Hall–Kier alpha value is -4.96. The van der Waals surface area contributed by atoms with Gasteiger partial charge in [-0.05, 0) is 48.0 Å². The topological polar surface area (TPSA) is 247 Å². The van der Waals surface area contributed by atoms with Crippen molar-refractivity contribution in [1.82, 2.24) is 40.0 Å². The molecule has 5 amide bonds. The molecule has 0 aliphatic carbocycles. The van der Waals surface area contributed by atoms with Gasteiger partial charge in [-0.25, -0.2) is 0 Å². The number of hydrogen-bond donors (Lipinski definition) is 4. The van der Waals surface area contributed by atoms with Crippen molar-refractivity contribution in [2.45, 2.75) is 71.7 Å². The number of hydrogen-bond acceptors (Lipinski definition) is 15. The number of Topliss-reactive ketones (excluding diaryl/α,β-unsaturated/α-hetero) is 1. The summed E-state index contributed by atoms with van der Waals surface area (Å²) in [5.74, 6) is -4.95. The smallest absolute Gasteiger partial charge is 0.321 e. The van der Waals surface area contributed by atoms with E-state index < -0.39 is 42.0 Å². The lowest BCUT2D eigenvalue weighted by molar-refractivity contribution is -0.143. The summed E-state index contributed by atoms with van der Waals surface area (Å²) >= 11 is 1.53. The molecule has 0 saturated carbocycles. The van der Waals surface area contributed by atoms with Crippen molar-refractivity contribution in [3.8, 4) is 0 Å². The number of amides is 5. The summed E-state index contributed by atoms with van der Waals surface area (Å²) in [7, 11) is 0. The van der Waals surface area contributed by atoms with Crippen molar-refractivity contribution in [3.05, 3.63) is 34.9 Å². The lowest BCUT2D eigenvalue weighted by Gasteiger charge is -2.35. The van der Waals surface area contributed by atoms with E-state index in [1.54, 1.807) is 33.8 Å². The van der Waals surface area contributed by atoms with Crippen molar-refractivity contribution in [2.24, 2.45) is 17.8 Å². The number of ketones is 1. The standard InChI is InChI=1S/C45H66N8O12S/c1-5-29(2)34(43(62)46-11-13-53-37(55)21-30(3)45(53)64)22-36(54)35(10-20-66-4)47-44(63)33-8-6-7-31-23-51(12-9-32(31)33)38(56)24-50-17-16-48(26-40(57)58)14-15-49(27-41(59)60)18-19-52-28-42(61)65-39(52)25-50/h6-8,29-30,34-35,39H,5,9-28H2,1-4H3,(H,46,62)(H,47,63)(H,57,58)(H,59,60)/t29-,30?,34-,35-,39?/m0/s1. The average Bonchev–Trinajstić information content (AvgIpc) is 3.75. The number of nitrogens with zero attached hydrogens (tertiary/aromatic N) is 6. The number of carboxylic acid groups (broad SMARTS) is 2. The first-order valence-electron chi connectivity index (χ1n) is 22.8. The first-order chi connectivity index (χ1) is 31.5. The monoisotopic (exact) mass is 942 g/mol. The van der Waals surface area contributed by atoms with Gasteiger partial charge in [0.05, 0.1) is 38.8 Å². The molecule has 5 atom stereocenters. The first-order valence-corrected chi connectivity index (χ1v) is 24.2. The molecule has 4 N–H and O–H groups in total. The summed E-state index contributed by atoms with van der Waals surface area (Å²) < 4.78 is 5.64. The number of esters is 1. The molecule has 21 heteroatoms. The lowest BCUT2D eigenvalue weighted by atomic mass is 9.85. The minimum Gasteiger partial charge on any atom is -0.480 e. The van der Waals surface area contributed by atoms with Crippen LogP contribution in [0.3, 0.4) is 0 Å². The van der Waals surface area contributed by atoms with E-state index in [1.807, 2.05) is 36.0 Å². The molecule has 5 rings (SSSR count). The van der Waals surface area contributed by atoms with Crippen LogP contribution in [-0.4, -0.2) is 209 Å². The third-order valence-corrected chi connectivity index (χ3v) is 13.7. The number of benzene rings is 1. The van der Waals surface area contributed by atoms with E-state index in [0.29, 0.717) is 56.8 Å². The van der Waals surface area contributed by atoms with Gasteiger partial charge in [0.15, 0.2) is 12.0 Å². The van der Waals surface area contributed by atoms with E-state index in [1.165, 1.54) is 11.8 Å². The van der Waals surface area contributed by atoms with Crippen molar-refractivity contribution < 1.29 is 58.1 Å². The van der Waals surface area contributed by atoms with E-state index in [-0.39, 0.29) is 126 Å². The van der Waals surface area contributed by atoms with E-state index in [9.17, 15) is 53.4 Å². The summed E-state index contributed by atoms with van der Waals surface area (Å²) in [6.45, 7) is 7.56. The zero-order chi connectivity index (χ0) is 48.1. The van der Waals surface area contributed by atoms with E-state index in [2.05, 4.69) is 10.6 Å². The molecule has 0 spiro atoms. The van der Waals surface area contributed by atoms with Crippen LogP contribution in [0.2, 0.25) is 0 Å². The Morgan fingerprint density at radius 1 is 0.894 bits per heavy atom. The Labute approximate surface area is 390 Å². The van der Waals surface area contributed by atoms with Gasteiger partial charge in [0.2, 0.25) is 23.6 Å². The molecule has 4 aliphatic rings. The van der Waals surface area contributed by atoms with E-state index >= 15 is 0 Å².